The molecule has 5 N–H and O–H groups in total. The van der Waals surface area contributed by atoms with Crippen molar-refractivity contribution in [2.45, 2.75) is 130 Å². The lowest BCUT2D eigenvalue weighted by Crippen LogP contribution is -2.50. The van der Waals surface area contributed by atoms with Crippen LogP contribution < -0.4 is 16.8 Å². The van der Waals surface area contributed by atoms with Gasteiger partial charge in [-0.2, -0.15) is 0 Å². The first-order chi connectivity index (χ1) is 21.6. The van der Waals surface area contributed by atoms with Gasteiger partial charge in [0.05, 0.1) is 0 Å². The van der Waals surface area contributed by atoms with Gasteiger partial charge in [0.2, 0.25) is 5.91 Å². The second-order valence-corrected chi connectivity index (χ2v) is 19.0. The number of fused-ring (bicyclic) bond motifs is 5. The van der Waals surface area contributed by atoms with Gasteiger partial charge in [-0.25, -0.2) is 0 Å². The van der Waals surface area contributed by atoms with Crippen molar-refractivity contribution in [1.82, 2.24) is 10.2 Å². The van der Waals surface area contributed by atoms with Crippen LogP contribution in [-0.2, 0) is 4.79 Å². The lowest BCUT2D eigenvalue weighted by molar-refractivity contribution is -0.130. The van der Waals surface area contributed by atoms with Gasteiger partial charge < -0.3 is 21.7 Å². The summed E-state index contributed by atoms with van der Waals surface area (Å²) in [5.41, 5.74) is 14.1. The van der Waals surface area contributed by atoms with Crippen LogP contribution in [0.2, 0.25) is 0 Å². The Morgan fingerprint density at radius 3 is 2.53 bits per heavy atom. The fraction of sp³-hybridized carbons (Fsp3) is 0.921. The van der Waals surface area contributed by atoms with Crippen LogP contribution in [0.1, 0.15) is 125 Å². The lowest BCUT2D eigenvalue weighted by atomic mass is 9.47. The van der Waals surface area contributed by atoms with Gasteiger partial charge in [-0.15, -0.1) is 0 Å². The molecule has 0 aromatic heterocycles. The predicted octanol–water partition coefficient (Wildman–Crippen LogP) is 8.28. The van der Waals surface area contributed by atoms with E-state index in [1.54, 1.807) is 5.57 Å². The van der Waals surface area contributed by atoms with Gasteiger partial charge >= 0.3 is 0 Å². The molecule has 0 spiro atoms. The van der Waals surface area contributed by atoms with Crippen molar-refractivity contribution < 1.29 is 4.79 Å². The second kappa shape index (κ2) is 18.0. The van der Waals surface area contributed by atoms with Crippen LogP contribution in [0.3, 0.4) is 0 Å². The number of nitrogens with two attached hydrogens (primary N) is 2. The predicted molar refractivity (Wildman–Crippen MR) is 198 cm³/mol. The van der Waals surface area contributed by atoms with E-state index in [9.17, 15) is 4.79 Å². The van der Waals surface area contributed by atoms with E-state index in [0.717, 1.165) is 80.3 Å². The molecule has 0 bridgehead atoms. The maximum atomic E-state index is 13.0. The number of amides is 1. The minimum absolute atomic E-state index is 0.276. The Morgan fingerprint density at radius 1 is 0.978 bits per heavy atom. The van der Waals surface area contributed by atoms with Crippen LogP contribution in [0.5, 0.6) is 0 Å². The molecule has 8 atom stereocenters. The van der Waals surface area contributed by atoms with Crippen molar-refractivity contribution in [2.24, 2.45) is 57.8 Å². The summed E-state index contributed by atoms with van der Waals surface area (Å²) in [5, 5.41) is 4.10. The molecule has 0 aromatic carbocycles. The molecular weight excluding hydrogens is 593 g/mol. The van der Waals surface area contributed by atoms with E-state index in [2.05, 4.69) is 56.8 Å². The fourth-order valence-electron chi connectivity index (χ4n) is 10.4. The van der Waals surface area contributed by atoms with E-state index in [4.69, 9.17) is 11.5 Å². The van der Waals surface area contributed by atoms with Crippen molar-refractivity contribution in [1.29, 1.82) is 0 Å². The van der Waals surface area contributed by atoms with E-state index in [-0.39, 0.29) is 5.91 Å². The Hall–Kier alpha value is -0.210. The van der Waals surface area contributed by atoms with E-state index < -0.39 is 0 Å². The van der Waals surface area contributed by atoms with Crippen LogP contribution >= 0.6 is 21.6 Å². The van der Waals surface area contributed by atoms with Gasteiger partial charge in [0.1, 0.15) is 0 Å². The molecule has 5 nitrogen and oxygen atoms in total. The first-order valence-electron chi connectivity index (χ1n) is 19.0. The number of nitrogens with zero attached hydrogens (tertiary/aromatic N) is 1. The largest absolute Gasteiger partial charge is 0.341 e. The van der Waals surface area contributed by atoms with Crippen LogP contribution in [0.25, 0.3) is 0 Å². The molecule has 260 valence electrons. The summed E-state index contributed by atoms with van der Waals surface area (Å²) in [4.78, 5) is 15.0. The summed E-state index contributed by atoms with van der Waals surface area (Å²) in [6.45, 7) is 17.3. The summed E-state index contributed by atoms with van der Waals surface area (Å²) in [6.07, 6.45) is 20.6. The third kappa shape index (κ3) is 9.49. The first kappa shape index (κ1) is 37.6. The van der Waals surface area contributed by atoms with Crippen molar-refractivity contribution in [3.8, 4) is 0 Å². The molecule has 0 aliphatic heterocycles. The number of carbonyl (C=O) groups excluding carboxylic acids is 1. The molecule has 0 saturated heterocycles. The number of rotatable bonds is 19. The minimum Gasteiger partial charge on any atom is -0.341 e. The highest BCUT2D eigenvalue weighted by Gasteiger charge is 2.59. The standard InChI is InChI=1S/C38H70N4OS2/c1-28(2)9-6-10-29(3)33-13-14-34-32-12-11-30-27-31(15-18-37(30,4)35(32)16-19-38(33,34)5)45-44-26-17-36(43)42(24-8-21-40)25-23-41-22-7-20-39/h11,28-29,31-35,41H,6-10,12-27,39-40H2,1-5H3/t29-,31+,32+,33-,34+,35+,37+,38-/m1/s1. The molecule has 1 amide bonds. The van der Waals surface area contributed by atoms with Crippen LogP contribution in [-0.4, -0.2) is 61.1 Å². The monoisotopic (exact) mass is 662 g/mol. The highest BCUT2D eigenvalue weighted by Crippen LogP contribution is 2.67. The molecule has 0 aromatic rings. The number of nitrogens with one attached hydrogen (secondary N) is 1. The zero-order chi connectivity index (χ0) is 32.5. The zero-order valence-corrected chi connectivity index (χ0v) is 31.4. The van der Waals surface area contributed by atoms with Gasteiger partial charge in [0.15, 0.2) is 0 Å². The topological polar surface area (TPSA) is 84.4 Å². The minimum atomic E-state index is 0.276. The Balaban J connectivity index is 1.24. The number of carbonyl (C=O) groups is 1. The molecule has 3 fully saturated rings. The highest BCUT2D eigenvalue weighted by atomic mass is 33.1. The molecule has 45 heavy (non-hydrogen) atoms. The average molecular weight is 663 g/mol. The molecule has 0 unspecified atom stereocenters. The second-order valence-electron chi connectivity index (χ2n) is 16.2. The Labute approximate surface area is 285 Å². The van der Waals surface area contributed by atoms with Gasteiger partial charge in [-0.05, 0) is 130 Å². The summed E-state index contributed by atoms with van der Waals surface area (Å²) in [5.74, 6) is 6.59. The molecule has 4 aliphatic rings. The van der Waals surface area contributed by atoms with Crippen molar-refractivity contribution in [3.05, 3.63) is 11.6 Å². The van der Waals surface area contributed by atoms with Crippen molar-refractivity contribution >= 4 is 27.5 Å². The molecule has 0 heterocycles. The van der Waals surface area contributed by atoms with E-state index in [1.807, 2.05) is 15.7 Å². The summed E-state index contributed by atoms with van der Waals surface area (Å²) < 4.78 is 0. The lowest BCUT2D eigenvalue weighted by Gasteiger charge is -2.58. The molecular formula is C38H70N4OS2. The van der Waals surface area contributed by atoms with Crippen molar-refractivity contribution in [3.63, 3.8) is 0 Å². The summed E-state index contributed by atoms with van der Waals surface area (Å²) in [7, 11) is 4.00. The average Bonchev–Trinajstić information content (AvgIpc) is 3.37. The number of allylic oxidation sites excluding steroid dienone is 2. The Morgan fingerprint density at radius 2 is 1.78 bits per heavy atom. The molecule has 7 heteroatoms. The fourth-order valence-corrected chi connectivity index (χ4v) is 13.0. The zero-order valence-electron chi connectivity index (χ0n) is 29.8. The molecule has 3 saturated carbocycles. The number of hydrogen-bond acceptors (Lipinski definition) is 6. The number of hydrogen-bond donors (Lipinski definition) is 3. The smallest absolute Gasteiger partial charge is 0.223 e. The normalized spacial score (nSPS) is 33.3. The van der Waals surface area contributed by atoms with Crippen molar-refractivity contribution in [2.75, 3.05) is 45.0 Å². The molecule has 4 rings (SSSR count). The van der Waals surface area contributed by atoms with Crippen LogP contribution in [0.4, 0.5) is 0 Å². The maximum Gasteiger partial charge on any atom is 0.223 e. The first-order valence-corrected chi connectivity index (χ1v) is 21.4. The van der Waals surface area contributed by atoms with Gasteiger partial charge in [0, 0.05) is 37.1 Å². The third-order valence-corrected chi connectivity index (χ3v) is 15.9. The highest BCUT2D eigenvalue weighted by molar-refractivity contribution is 8.76. The van der Waals surface area contributed by atoms with Gasteiger partial charge in [-0.1, -0.05) is 87.1 Å². The van der Waals surface area contributed by atoms with Crippen LogP contribution in [0, 0.1) is 46.3 Å². The summed E-state index contributed by atoms with van der Waals surface area (Å²) >= 11 is 0. The summed E-state index contributed by atoms with van der Waals surface area (Å²) in [6, 6.07) is 0. The van der Waals surface area contributed by atoms with Gasteiger partial charge in [0.25, 0.3) is 0 Å². The van der Waals surface area contributed by atoms with E-state index >= 15 is 0 Å². The van der Waals surface area contributed by atoms with Crippen LogP contribution in [0.15, 0.2) is 11.6 Å². The molecule has 0 radical (unpaired) electrons. The molecule has 4 aliphatic carbocycles. The third-order valence-electron chi connectivity index (χ3n) is 13.0. The Kier molecular flexibility index (Phi) is 15.0. The quantitative estimate of drug-likeness (QED) is 0.0734. The SMILES string of the molecule is CC(C)CCC[C@@H](C)[C@H]1CC[C@H]2[C@@H]3CC=C4C[C@@H](SSCCC(=O)N(CCCN)CCNCCCN)CC[C@]4(C)[C@H]3CC[C@]12C. The maximum absolute atomic E-state index is 13.0. The Bertz CT molecular complexity index is 945. The van der Waals surface area contributed by atoms with E-state index in [0.29, 0.717) is 35.6 Å². The van der Waals surface area contributed by atoms with Gasteiger partial charge in [-0.3, -0.25) is 4.79 Å². The van der Waals surface area contributed by atoms with E-state index in [1.165, 1.54) is 70.6 Å².